The van der Waals surface area contributed by atoms with Crippen molar-refractivity contribution in [2.75, 3.05) is 32.0 Å². The molecule has 2 heterocycles. The van der Waals surface area contributed by atoms with Crippen LogP contribution >= 0.6 is 12.2 Å². The Bertz CT molecular complexity index is 487. The third kappa shape index (κ3) is 3.42. The molecule has 0 bridgehead atoms. The molecule has 104 valence electrons. The number of rotatable bonds is 4. The van der Waals surface area contributed by atoms with Crippen molar-refractivity contribution in [1.82, 2.24) is 9.88 Å². The Morgan fingerprint density at radius 3 is 2.89 bits per heavy atom. The molecule has 0 spiro atoms. The monoisotopic (exact) mass is 278 g/mol. The molecule has 1 aliphatic rings. The van der Waals surface area contributed by atoms with Crippen LogP contribution in [0, 0.1) is 19.8 Å². The molecule has 3 N–H and O–H groups in total. The normalized spacial score (nSPS) is 19.6. The predicted octanol–water partition coefficient (Wildman–Crippen LogP) is 1.70. The first kappa shape index (κ1) is 14.2. The van der Waals surface area contributed by atoms with E-state index in [1.165, 1.54) is 13.0 Å². The van der Waals surface area contributed by atoms with Crippen molar-refractivity contribution in [2.24, 2.45) is 11.7 Å². The second-order valence-electron chi connectivity index (χ2n) is 5.47. The van der Waals surface area contributed by atoms with Gasteiger partial charge >= 0.3 is 0 Å². The van der Waals surface area contributed by atoms with Crippen molar-refractivity contribution in [2.45, 2.75) is 20.3 Å². The van der Waals surface area contributed by atoms with Crippen LogP contribution < -0.4 is 11.1 Å². The Morgan fingerprint density at radius 1 is 1.58 bits per heavy atom. The minimum absolute atomic E-state index is 0.413. The lowest BCUT2D eigenvalue weighted by atomic mass is 10.1. The Morgan fingerprint density at radius 2 is 2.32 bits per heavy atom. The maximum atomic E-state index is 5.81. The van der Waals surface area contributed by atoms with Crippen LogP contribution in [-0.2, 0) is 0 Å². The molecule has 0 amide bonds. The molecule has 4 nitrogen and oxygen atoms in total. The maximum Gasteiger partial charge on any atom is 0.136 e. The molecule has 1 unspecified atom stereocenters. The van der Waals surface area contributed by atoms with Crippen molar-refractivity contribution in [1.29, 1.82) is 0 Å². The van der Waals surface area contributed by atoms with E-state index < -0.39 is 0 Å². The second-order valence-corrected chi connectivity index (χ2v) is 5.91. The van der Waals surface area contributed by atoms with Gasteiger partial charge in [-0.2, -0.15) is 0 Å². The van der Waals surface area contributed by atoms with E-state index in [0.717, 1.165) is 35.7 Å². The van der Waals surface area contributed by atoms with Crippen molar-refractivity contribution in [3.05, 3.63) is 22.9 Å². The number of nitrogens with two attached hydrogens (primary N) is 1. The Hall–Kier alpha value is -1.20. The fourth-order valence-corrected chi connectivity index (χ4v) is 2.97. The van der Waals surface area contributed by atoms with Crippen LogP contribution in [0.3, 0.4) is 0 Å². The summed E-state index contributed by atoms with van der Waals surface area (Å²) in [5.41, 5.74) is 8.77. The topological polar surface area (TPSA) is 54.2 Å². The van der Waals surface area contributed by atoms with Gasteiger partial charge in [-0.1, -0.05) is 12.2 Å². The minimum atomic E-state index is 0.413. The van der Waals surface area contributed by atoms with Gasteiger partial charge in [0, 0.05) is 18.8 Å². The number of anilines is 1. The molecule has 0 aliphatic carbocycles. The lowest BCUT2D eigenvalue weighted by Gasteiger charge is -2.16. The average molecular weight is 278 g/mol. The quantitative estimate of drug-likeness (QED) is 0.821. The highest BCUT2D eigenvalue weighted by molar-refractivity contribution is 7.80. The van der Waals surface area contributed by atoms with Crippen LogP contribution in [0.5, 0.6) is 0 Å². The van der Waals surface area contributed by atoms with Crippen LogP contribution in [0.4, 0.5) is 5.82 Å². The van der Waals surface area contributed by atoms with Crippen LogP contribution in [0.2, 0.25) is 0 Å². The van der Waals surface area contributed by atoms with Gasteiger partial charge in [-0.3, -0.25) is 0 Å². The molecule has 1 aliphatic heterocycles. The van der Waals surface area contributed by atoms with E-state index in [9.17, 15) is 0 Å². The first-order chi connectivity index (χ1) is 8.97. The van der Waals surface area contributed by atoms with Crippen molar-refractivity contribution < 1.29 is 0 Å². The molecule has 19 heavy (non-hydrogen) atoms. The number of likely N-dealkylation sites (tertiary alicyclic amines) is 1. The molecule has 1 atom stereocenters. The second kappa shape index (κ2) is 5.84. The molecule has 1 fully saturated rings. The highest BCUT2D eigenvalue weighted by atomic mass is 32.1. The van der Waals surface area contributed by atoms with Gasteiger partial charge in [0.1, 0.15) is 10.8 Å². The van der Waals surface area contributed by atoms with Gasteiger partial charge in [-0.25, -0.2) is 4.98 Å². The molecule has 1 aromatic rings. The standard InChI is InChI=1S/C14H22N4S/c1-9-6-10(2)17-14(12(9)13(15)19)16-7-11-4-5-18(3)8-11/h6,11H,4-5,7-8H2,1-3H3,(H2,15,19)(H,16,17). The lowest BCUT2D eigenvalue weighted by Crippen LogP contribution is -2.22. The maximum absolute atomic E-state index is 5.81. The smallest absolute Gasteiger partial charge is 0.136 e. The molecule has 0 aromatic carbocycles. The fraction of sp³-hybridized carbons (Fsp3) is 0.571. The fourth-order valence-electron chi connectivity index (χ4n) is 2.71. The molecule has 1 saturated heterocycles. The third-order valence-electron chi connectivity index (χ3n) is 3.64. The summed E-state index contributed by atoms with van der Waals surface area (Å²) in [7, 11) is 2.16. The minimum Gasteiger partial charge on any atom is -0.389 e. The van der Waals surface area contributed by atoms with Gasteiger partial charge in [-0.15, -0.1) is 0 Å². The summed E-state index contributed by atoms with van der Waals surface area (Å²) >= 11 is 5.14. The van der Waals surface area contributed by atoms with Crippen molar-refractivity contribution in [3.63, 3.8) is 0 Å². The number of pyridine rings is 1. The molecular formula is C14H22N4S. The van der Waals surface area contributed by atoms with E-state index in [-0.39, 0.29) is 0 Å². The number of thiocarbonyl (C=S) groups is 1. The summed E-state index contributed by atoms with van der Waals surface area (Å²) in [6, 6.07) is 2.02. The summed E-state index contributed by atoms with van der Waals surface area (Å²) in [6.45, 7) is 7.26. The van der Waals surface area contributed by atoms with E-state index >= 15 is 0 Å². The zero-order valence-corrected chi connectivity index (χ0v) is 12.7. The number of nitrogens with one attached hydrogen (secondary N) is 1. The Labute approximate surface area is 120 Å². The van der Waals surface area contributed by atoms with Gasteiger partial charge in [0.05, 0.1) is 5.56 Å². The Balaban J connectivity index is 2.12. The number of hydrogen-bond acceptors (Lipinski definition) is 4. The lowest BCUT2D eigenvalue weighted by molar-refractivity contribution is 0.399. The van der Waals surface area contributed by atoms with Crippen LogP contribution in [0.1, 0.15) is 23.2 Å². The molecule has 1 aromatic heterocycles. The van der Waals surface area contributed by atoms with Gasteiger partial charge < -0.3 is 16.0 Å². The van der Waals surface area contributed by atoms with Gasteiger partial charge in [0.25, 0.3) is 0 Å². The highest BCUT2D eigenvalue weighted by Gasteiger charge is 2.20. The molecule has 5 heteroatoms. The van der Waals surface area contributed by atoms with E-state index in [1.807, 2.05) is 19.9 Å². The van der Waals surface area contributed by atoms with E-state index in [2.05, 4.69) is 22.2 Å². The molecular weight excluding hydrogens is 256 g/mol. The SMILES string of the molecule is Cc1cc(C)c(C(N)=S)c(NCC2CCN(C)C2)n1. The van der Waals surface area contributed by atoms with Crippen LogP contribution in [0.25, 0.3) is 0 Å². The Kier molecular flexibility index (Phi) is 4.37. The van der Waals surface area contributed by atoms with Crippen molar-refractivity contribution >= 4 is 23.0 Å². The summed E-state index contributed by atoms with van der Waals surface area (Å²) < 4.78 is 0. The molecule has 2 rings (SSSR count). The van der Waals surface area contributed by atoms with E-state index in [1.54, 1.807) is 0 Å². The summed E-state index contributed by atoms with van der Waals surface area (Å²) in [5.74, 6) is 1.51. The number of aryl methyl sites for hydroxylation is 2. The van der Waals surface area contributed by atoms with Crippen molar-refractivity contribution in [3.8, 4) is 0 Å². The van der Waals surface area contributed by atoms with Gasteiger partial charge in [0.15, 0.2) is 0 Å². The molecule has 0 radical (unpaired) electrons. The first-order valence-electron chi connectivity index (χ1n) is 6.68. The van der Waals surface area contributed by atoms with E-state index in [0.29, 0.717) is 10.9 Å². The first-order valence-corrected chi connectivity index (χ1v) is 7.08. The predicted molar refractivity (Wildman–Crippen MR) is 83.7 cm³/mol. The largest absolute Gasteiger partial charge is 0.389 e. The van der Waals surface area contributed by atoms with Crippen LogP contribution in [-0.4, -0.2) is 41.6 Å². The van der Waals surface area contributed by atoms with Gasteiger partial charge in [0.2, 0.25) is 0 Å². The zero-order chi connectivity index (χ0) is 14.0. The summed E-state index contributed by atoms with van der Waals surface area (Å²) in [4.78, 5) is 7.31. The highest BCUT2D eigenvalue weighted by Crippen LogP contribution is 2.20. The number of hydrogen-bond donors (Lipinski definition) is 2. The van der Waals surface area contributed by atoms with E-state index in [4.69, 9.17) is 18.0 Å². The van der Waals surface area contributed by atoms with Crippen LogP contribution in [0.15, 0.2) is 6.07 Å². The number of aromatic nitrogens is 1. The van der Waals surface area contributed by atoms with Gasteiger partial charge in [-0.05, 0) is 51.4 Å². The molecule has 0 saturated carbocycles. The zero-order valence-electron chi connectivity index (χ0n) is 11.9. The summed E-state index contributed by atoms with van der Waals surface area (Å²) in [5, 5.41) is 3.43. The average Bonchev–Trinajstić information content (AvgIpc) is 2.71. The number of nitrogens with zero attached hydrogens (tertiary/aromatic N) is 2. The summed E-state index contributed by atoms with van der Waals surface area (Å²) in [6.07, 6.45) is 1.23. The third-order valence-corrected chi connectivity index (χ3v) is 3.84.